The molecule has 9 nitrogen and oxygen atoms in total. The number of nitrogens with zero attached hydrogens (tertiary/aromatic N) is 2. The molecular formula is C28H39N5O4. The van der Waals surface area contributed by atoms with Crippen molar-refractivity contribution in [3.05, 3.63) is 36.0 Å². The Kier molecular flexibility index (Phi) is 9.33. The van der Waals surface area contributed by atoms with Crippen LogP contribution in [0.2, 0.25) is 0 Å². The number of hydrogen-bond acceptors (Lipinski definition) is 7. The summed E-state index contributed by atoms with van der Waals surface area (Å²) in [5.41, 5.74) is 6.89. The summed E-state index contributed by atoms with van der Waals surface area (Å²) < 4.78 is 5.05. The Hall–Kier alpha value is -3.20. The van der Waals surface area contributed by atoms with Gasteiger partial charge in [-0.2, -0.15) is 0 Å². The molecule has 2 aromatic rings. The molecule has 2 unspecified atom stereocenters. The van der Waals surface area contributed by atoms with Gasteiger partial charge in [-0.05, 0) is 55.2 Å². The first-order valence-corrected chi connectivity index (χ1v) is 13.6. The summed E-state index contributed by atoms with van der Waals surface area (Å²) in [6, 6.07) is 6.72. The molecule has 2 fully saturated rings. The van der Waals surface area contributed by atoms with Crippen molar-refractivity contribution < 1.29 is 19.1 Å². The Morgan fingerprint density at radius 3 is 2.73 bits per heavy atom. The first-order valence-electron chi connectivity index (χ1n) is 13.6. The van der Waals surface area contributed by atoms with Crippen LogP contribution in [-0.2, 0) is 25.7 Å². The fraction of sp³-hybridized carbons (Fsp3) is 0.571. The number of likely N-dealkylation sites (tertiary alicyclic amines) is 1. The predicted octanol–water partition coefficient (Wildman–Crippen LogP) is 2.92. The van der Waals surface area contributed by atoms with Crippen LogP contribution in [0.25, 0.3) is 10.8 Å². The summed E-state index contributed by atoms with van der Waals surface area (Å²) in [4.78, 5) is 44.7. The molecule has 4 rings (SSSR count). The zero-order valence-corrected chi connectivity index (χ0v) is 21.7. The summed E-state index contributed by atoms with van der Waals surface area (Å²) >= 11 is 0. The van der Waals surface area contributed by atoms with Gasteiger partial charge in [-0.1, -0.05) is 44.2 Å². The molecule has 1 saturated carbocycles. The molecule has 2 heterocycles. The Balaban J connectivity index is 1.39. The lowest BCUT2D eigenvalue weighted by Gasteiger charge is -2.31. The molecular weight excluding hydrogens is 470 g/mol. The number of aromatic nitrogens is 1. The van der Waals surface area contributed by atoms with E-state index in [1.165, 1.54) is 19.3 Å². The number of nitrogens with one attached hydrogen (secondary N) is 2. The fourth-order valence-corrected chi connectivity index (χ4v) is 5.62. The molecule has 4 N–H and O–H groups in total. The number of ether oxygens (including phenoxy) is 1. The van der Waals surface area contributed by atoms with E-state index >= 15 is 0 Å². The lowest BCUT2D eigenvalue weighted by Crippen LogP contribution is -2.53. The molecule has 1 aliphatic carbocycles. The van der Waals surface area contributed by atoms with Crippen molar-refractivity contribution in [3.8, 4) is 0 Å². The van der Waals surface area contributed by atoms with Gasteiger partial charge in [-0.25, -0.2) is 4.98 Å². The molecule has 2 aliphatic rings. The van der Waals surface area contributed by atoms with E-state index in [9.17, 15) is 14.4 Å². The van der Waals surface area contributed by atoms with Crippen LogP contribution in [0.1, 0.15) is 63.9 Å². The van der Waals surface area contributed by atoms with Crippen LogP contribution < -0.4 is 16.4 Å². The minimum Gasteiger partial charge on any atom is -0.465 e. The fourth-order valence-electron chi connectivity index (χ4n) is 5.62. The van der Waals surface area contributed by atoms with Crippen LogP contribution in [0.4, 0.5) is 5.82 Å². The van der Waals surface area contributed by atoms with Crippen LogP contribution in [-0.4, -0.2) is 59.4 Å². The molecule has 1 aromatic heterocycles. The number of pyridine rings is 1. The highest BCUT2D eigenvalue weighted by Crippen LogP contribution is 2.29. The van der Waals surface area contributed by atoms with E-state index in [4.69, 9.17) is 10.5 Å². The normalized spacial score (nSPS) is 19.1. The van der Waals surface area contributed by atoms with Crippen molar-refractivity contribution in [3.63, 3.8) is 0 Å². The highest BCUT2D eigenvalue weighted by molar-refractivity contribution is 5.92. The van der Waals surface area contributed by atoms with Crippen LogP contribution in [0.5, 0.6) is 0 Å². The smallest absolute Gasteiger partial charge is 0.319 e. The molecule has 0 spiro atoms. The van der Waals surface area contributed by atoms with Crippen LogP contribution in [0, 0.1) is 5.92 Å². The Morgan fingerprint density at radius 2 is 1.95 bits per heavy atom. The lowest BCUT2D eigenvalue weighted by molar-refractivity contribution is -0.143. The van der Waals surface area contributed by atoms with Crippen molar-refractivity contribution in [2.75, 3.05) is 25.4 Å². The van der Waals surface area contributed by atoms with Gasteiger partial charge in [0.1, 0.15) is 11.9 Å². The second-order valence-corrected chi connectivity index (χ2v) is 10.1. The van der Waals surface area contributed by atoms with Crippen LogP contribution in [0.3, 0.4) is 0 Å². The van der Waals surface area contributed by atoms with Crippen molar-refractivity contribution in [2.24, 2.45) is 5.92 Å². The van der Waals surface area contributed by atoms with Gasteiger partial charge < -0.3 is 20.7 Å². The maximum absolute atomic E-state index is 13.7. The van der Waals surface area contributed by atoms with Gasteiger partial charge in [0.25, 0.3) is 0 Å². The van der Waals surface area contributed by atoms with Crippen LogP contribution >= 0.6 is 0 Å². The molecule has 1 aromatic carbocycles. The minimum absolute atomic E-state index is 0.0103. The summed E-state index contributed by atoms with van der Waals surface area (Å²) in [6.07, 6.45) is 9.55. The number of nitrogen functional groups attached to an aromatic ring is 1. The lowest BCUT2D eigenvalue weighted by atomic mass is 9.84. The van der Waals surface area contributed by atoms with E-state index < -0.39 is 12.1 Å². The average molecular weight is 510 g/mol. The van der Waals surface area contributed by atoms with Crippen molar-refractivity contribution in [2.45, 2.75) is 76.9 Å². The van der Waals surface area contributed by atoms with Gasteiger partial charge in [-0.3, -0.25) is 19.7 Å². The zero-order chi connectivity index (χ0) is 26.2. The van der Waals surface area contributed by atoms with Gasteiger partial charge in [0.2, 0.25) is 11.8 Å². The quantitative estimate of drug-likeness (QED) is 0.420. The average Bonchev–Trinajstić information content (AvgIpc) is 3.40. The van der Waals surface area contributed by atoms with Crippen molar-refractivity contribution in [1.29, 1.82) is 0 Å². The highest BCUT2D eigenvalue weighted by Gasteiger charge is 2.38. The second-order valence-electron chi connectivity index (χ2n) is 10.1. The molecule has 1 aliphatic heterocycles. The van der Waals surface area contributed by atoms with Crippen LogP contribution in [0.15, 0.2) is 30.5 Å². The molecule has 1 saturated heterocycles. The van der Waals surface area contributed by atoms with E-state index in [0.717, 1.165) is 35.6 Å². The van der Waals surface area contributed by atoms with E-state index in [-0.39, 0.29) is 24.3 Å². The number of carbonyl (C=O) groups excluding carboxylic acids is 3. The third-order valence-corrected chi connectivity index (χ3v) is 7.55. The van der Waals surface area contributed by atoms with E-state index in [1.807, 2.05) is 24.3 Å². The number of fused-ring (bicyclic) bond motifs is 1. The molecule has 2 atom stereocenters. The summed E-state index contributed by atoms with van der Waals surface area (Å²) in [7, 11) is 0. The van der Waals surface area contributed by atoms with E-state index in [0.29, 0.717) is 44.3 Å². The van der Waals surface area contributed by atoms with Gasteiger partial charge in [0.15, 0.2) is 0 Å². The number of hydrogen-bond donors (Lipinski definition) is 3. The van der Waals surface area contributed by atoms with Gasteiger partial charge >= 0.3 is 5.97 Å². The number of rotatable bonds is 10. The molecule has 2 amide bonds. The maximum Gasteiger partial charge on any atom is 0.319 e. The minimum atomic E-state index is -0.508. The van der Waals surface area contributed by atoms with E-state index in [2.05, 4.69) is 15.6 Å². The van der Waals surface area contributed by atoms with Gasteiger partial charge in [0, 0.05) is 24.7 Å². The first kappa shape index (κ1) is 26.9. The number of anilines is 1. The van der Waals surface area contributed by atoms with Crippen molar-refractivity contribution in [1.82, 2.24) is 20.5 Å². The zero-order valence-electron chi connectivity index (χ0n) is 21.7. The Morgan fingerprint density at radius 1 is 1.14 bits per heavy atom. The Bertz CT molecular complexity index is 1100. The number of esters is 1. The first-order chi connectivity index (χ1) is 18.0. The molecule has 9 heteroatoms. The highest BCUT2D eigenvalue weighted by atomic mass is 16.5. The molecule has 37 heavy (non-hydrogen) atoms. The second kappa shape index (κ2) is 12.9. The Labute approximate surface area is 218 Å². The topological polar surface area (TPSA) is 127 Å². The summed E-state index contributed by atoms with van der Waals surface area (Å²) in [5.74, 6) is 0.313. The third kappa shape index (κ3) is 6.97. The standard InChI is InChI=1S/C28H39N5O4/c1-2-37-25(34)18-31-23(16-19-7-4-3-5-8-19)28(36)33-14-6-9-24(33)27(35)32-17-20-10-11-22-21(15-20)12-13-30-26(22)29/h10-13,15,19,23-24,31H,2-9,14,16-18H2,1H3,(H2,29,30)(H,32,35). The number of benzene rings is 1. The monoisotopic (exact) mass is 509 g/mol. The largest absolute Gasteiger partial charge is 0.465 e. The SMILES string of the molecule is CCOC(=O)CNC(CC1CCCCC1)C(=O)N1CCCC1C(=O)NCc1ccc2c(N)nccc2c1. The van der Waals surface area contributed by atoms with E-state index in [1.54, 1.807) is 18.0 Å². The number of amides is 2. The van der Waals surface area contributed by atoms with Crippen molar-refractivity contribution >= 4 is 34.4 Å². The molecule has 0 bridgehead atoms. The predicted molar refractivity (Wildman–Crippen MR) is 142 cm³/mol. The third-order valence-electron chi connectivity index (χ3n) is 7.55. The number of nitrogens with two attached hydrogens (primary N) is 1. The molecule has 0 radical (unpaired) electrons. The maximum atomic E-state index is 13.7. The summed E-state index contributed by atoms with van der Waals surface area (Å²) in [5, 5.41) is 8.02. The number of carbonyl (C=O) groups is 3. The molecule has 200 valence electrons. The van der Waals surface area contributed by atoms with Gasteiger partial charge in [0.05, 0.1) is 19.2 Å². The summed E-state index contributed by atoms with van der Waals surface area (Å²) in [6.45, 7) is 2.96. The van der Waals surface area contributed by atoms with Gasteiger partial charge in [-0.15, -0.1) is 0 Å².